The summed E-state index contributed by atoms with van der Waals surface area (Å²) in [5.74, 6) is -0.447. The van der Waals surface area contributed by atoms with Gasteiger partial charge in [-0.15, -0.1) is 0 Å². The van der Waals surface area contributed by atoms with Crippen LogP contribution in [0.25, 0.3) is 0 Å². The molecule has 2 rings (SSSR count). The van der Waals surface area contributed by atoms with Crippen LogP contribution in [0.4, 0.5) is 0 Å². The number of amides is 2. The largest absolute Gasteiger partial charge is 0.354 e. The van der Waals surface area contributed by atoms with Crippen molar-refractivity contribution in [3.63, 3.8) is 0 Å². The van der Waals surface area contributed by atoms with E-state index in [0.29, 0.717) is 18.0 Å². The van der Waals surface area contributed by atoms with Crippen LogP contribution in [0.3, 0.4) is 0 Å². The van der Waals surface area contributed by atoms with Crippen LogP contribution in [0.5, 0.6) is 0 Å². The number of halogens is 1. The molecule has 0 aliphatic heterocycles. The van der Waals surface area contributed by atoms with Crippen molar-refractivity contribution in [2.75, 3.05) is 26.7 Å². The van der Waals surface area contributed by atoms with Gasteiger partial charge in [0.2, 0.25) is 21.8 Å². The van der Waals surface area contributed by atoms with Gasteiger partial charge in [0.1, 0.15) is 6.04 Å². The van der Waals surface area contributed by atoms with Crippen LogP contribution in [0, 0.1) is 5.92 Å². The van der Waals surface area contributed by atoms with Gasteiger partial charge in [0, 0.05) is 25.2 Å². The minimum atomic E-state index is -3.89. The summed E-state index contributed by atoms with van der Waals surface area (Å²) in [5.41, 5.74) is 1.02. The zero-order chi connectivity index (χ0) is 24.6. The van der Waals surface area contributed by atoms with E-state index in [-0.39, 0.29) is 29.8 Å². The molecule has 1 atom stereocenters. The van der Waals surface area contributed by atoms with Crippen molar-refractivity contribution in [1.82, 2.24) is 14.5 Å². The molecule has 180 valence electrons. The molecule has 2 aromatic carbocycles. The third-order valence-electron chi connectivity index (χ3n) is 5.22. The van der Waals surface area contributed by atoms with Crippen molar-refractivity contribution in [3.05, 3.63) is 65.2 Å². The molecule has 7 nitrogen and oxygen atoms in total. The number of rotatable bonds is 11. The molecule has 0 fully saturated rings. The van der Waals surface area contributed by atoms with Gasteiger partial charge in [0.25, 0.3) is 0 Å². The predicted octanol–water partition coefficient (Wildman–Crippen LogP) is 3.19. The van der Waals surface area contributed by atoms with Gasteiger partial charge in [-0.05, 0) is 49.1 Å². The number of benzene rings is 2. The molecule has 0 spiro atoms. The van der Waals surface area contributed by atoms with E-state index in [2.05, 4.69) is 5.32 Å². The molecular formula is C24H32ClN3O4S. The molecule has 9 heteroatoms. The highest BCUT2D eigenvalue weighted by Gasteiger charge is 2.30. The zero-order valence-electron chi connectivity index (χ0n) is 19.5. The molecule has 0 aliphatic rings. The summed E-state index contributed by atoms with van der Waals surface area (Å²) >= 11 is 5.86. The van der Waals surface area contributed by atoms with Gasteiger partial charge in [-0.2, -0.15) is 4.31 Å². The fourth-order valence-corrected chi connectivity index (χ4v) is 4.42. The van der Waals surface area contributed by atoms with E-state index in [0.717, 1.165) is 9.87 Å². The SMILES string of the molecule is CC(C)CNC(=O)C(C)N(CCc1ccccc1)C(=O)CN(C)S(=O)(=O)c1ccc(Cl)cc1. The summed E-state index contributed by atoms with van der Waals surface area (Å²) in [5, 5.41) is 3.27. The third kappa shape index (κ3) is 7.84. The monoisotopic (exact) mass is 493 g/mol. The number of nitrogens with one attached hydrogen (secondary N) is 1. The summed E-state index contributed by atoms with van der Waals surface area (Å²) in [7, 11) is -2.54. The number of carbonyl (C=O) groups is 2. The zero-order valence-corrected chi connectivity index (χ0v) is 21.1. The first-order valence-corrected chi connectivity index (χ1v) is 12.7. The maximum absolute atomic E-state index is 13.2. The van der Waals surface area contributed by atoms with Crippen molar-refractivity contribution in [1.29, 1.82) is 0 Å². The summed E-state index contributed by atoms with van der Waals surface area (Å²) < 4.78 is 26.8. The Labute approximate surface area is 201 Å². The molecule has 1 unspecified atom stereocenters. The van der Waals surface area contributed by atoms with E-state index in [1.165, 1.54) is 36.2 Å². The fourth-order valence-electron chi connectivity index (χ4n) is 3.18. The van der Waals surface area contributed by atoms with E-state index in [4.69, 9.17) is 11.6 Å². The lowest BCUT2D eigenvalue weighted by Crippen LogP contribution is -2.52. The van der Waals surface area contributed by atoms with E-state index < -0.39 is 22.0 Å². The van der Waals surface area contributed by atoms with Gasteiger partial charge < -0.3 is 10.2 Å². The predicted molar refractivity (Wildman–Crippen MR) is 130 cm³/mol. The van der Waals surface area contributed by atoms with Gasteiger partial charge >= 0.3 is 0 Å². The lowest BCUT2D eigenvalue weighted by Gasteiger charge is -2.30. The molecule has 2 amide bonds. The fraction of sp³-hybridized carbons (Fsp3) is 0.417. The Morgan fingerprint density at radius 3 is 2.18 bits per heavy atom. The Bertz CT molecular complexity index is 1030. The van der Waals surface area contributed by atoms with Crippen LogP contribution in [0.2, 0.25) is 5.02 Å². The van der Waals surface area contributed by atoms with Crippen molar-refractivity contribution in [2.24, 2.45) is 5.92 Å². The molecule has 1 N–H and O–H groups in total. The summed E-state index contributed by atoms with van der Waals surface area (Å²) in [6, 6.07) is 14.6. The average molecular weight is 494 g/mol. The van der Waals surface area contributed by atoms with Gasteiger partial charge in [-0.3, -0.25) is 9.59 Å². The van der Waals surface area contributed by atoms with Gasteiger partial charge in [-0.25, -0.2) is 8.42 Å². The van der Waals surface area contributed by atoms with E-state index in [1.54, 1.807) is 6.92 Å². The smallest absolute Gasteiger partial charge is 0.243 e. The average Bonchev–Trinajstić information content (AvgIpc) is 2.78. The van der Waals surface area contributed by atoms with E-state index >= 15 is 0 Å². The Hall–Kier alpha value is -2.42. The minimum Gasteiger partial charge on any atom is -0.354 e. The second kappa shape index (κ2) is 12.2. The topological polar surface area (TPSA) is 86.8 Å². The molecule has 0 aromatic heterocycles. The Kier molecular flexibility index (Phi) is 9.88. The van der Waals surface area contributed by atoms with Crippen LogP contribution in [0.15, 0.2) is 59.5 Å². The minimum absolute atomic E-state index is 0.0424. The number of hydrogen-bond donors (Lipinski definition) is 1. The molecule has 0 saturated heterocycles. The van der Waals surface area contributed by atoms with Gasteiger partial charge in [0.15, 0.2) is 0 Å². The number of nitrogens with zero attached hydrogens (tertiary/aromatic N) is 2. The van der Waals surface area contributed by atoms with Crippen LogP contribution in [-0.4, -0.2) is 62.2 Å². The molecule has 2 aromatic rings. The van der Waals surface area contributed by atoms with Crippen molar-refractivity contribution < 1.29 is 18.0 Å². The molecule has 33 heavy (non-hydrogen) atoms. The van der Waals surface area contributed by atoms with Crippen LogP contribution < -0.4 is 5.32 Å². The highest BCUT2D eigenvalue weighted by molar-refractivity contribution is 7.89. The highest BCUT2D eigenvalue weighted by Crippen LogP contribution is 2.18. The number of sulfonamides is 1. The van der Waals surface area contributed by atoms with Gasteiger partial charge in [-0.1, -0.05) is 55.8 Å². The van der Waals surface area contributed by atoms with Gasteiger partial charge in [0.05, 0.1) is 11.4 Å². The first-order chi connectivity index (χ1) is 15.5. The van der Waals surface area contributed by atoms with Crippen LogP contribution >= 0.6 is 11.6 Å². The van der Waals surface area contributed by atoms with Crippen LogP contribution in [0.1, 0.15) is 26.3 Å². The molecular weight excluding hydrogens is 462 g/mol. The molecule has 0 aliphatic carbocycles. The number of likely N-dealkylation sites (N-methyl/N-ethyl adjacent to an activating group) is 1. The number of hydrogen-bond acceptors (Lipinski definition) is 4. The maximum Gasteiger partial charge on any atom is 0.243 e. The Balaban J connectivity index is 2.18. The van der Waals surface area contributed by atoms with E-state index in [1.807, 2.05) is 44.2 Å². The second-order valence-electron chi connectivity index (χ2n) is 8.35. The summed E-state index contributed by atoms with van der Waals surface area (Å²) in [6.45, 7) is 6.02. The van der Waals surface area contributed by atoms with Crippen LogP contribution in [-0.2, 0) is 26.0 Å². The Morgan fingerprint density at radius 2 is 1.61 bits per heavy atom. The lowest BCUT2D eigenvalue weighted by atomic mass is 10.1. The third-order valence-corrected chi connectivity index (χ3v) is 7.29. The molecule has 0 bridgehead atoms. The lowest BCUT2D eigenvalue weighted by molar-refractivity contribution is -0.139. The molecule has 0 saturated carbocycles. The highest BCUT2D eigenvalue weighted by atomic mass is 35.5. The van der Waals surface area contributed by atoms with Crippen molar-refractivity contribution >= 4 is 33.4 Å². The van der Waals surface area contributed by atoms with E-state index in [9.17, 15) is 18.0 Å². The second-order valence-corrected chi connectivity index (χ2v) is 10.8. The molecule has 0 heterocycles. The summed E-state index contributed by atoms with van der Waals surface area (Å²) in [6.07, 6.45) is 0.544. The first-order valence-electron chi connectivity index (χ1n) is 10.9. The maximum atomic E-state index is 13.2. The quantitative estimate of drug-likeness (QED) is 0.520. The van der Waals surface area contributed by atoms with Crippen molar-refractivity contribution in [3.8, 4) is 0 Å². The molecule has 0 radical (unpaired) electrons. The number of carbonyl (C=O) groups excluding carboxylic acids is 2. The normalized spacial score (nSPS) is 12.6. The Morgan fingerprint density at radius 1 is 1.00 bits per heavy atom. The standard InChI is InChI=1S/C24H32ClN3O4S/c1-18(2)16-26-24(30)19(3)28(15-14-20-8-6-5-7-9-20)23(29)17-27(4)33(31,32)22-12-10-21(25)11-13-22/h5-13,18-19H,14-17H2,1-4H3,(H,26,30). The van der Waals surface area contributed by atoms with Crippen molar-refractivity contribution in [2.45, 2.75) is 38.1 Å². The summed E-state index contributed by atoms with van der Waals surface area (Å²) in [4.78, 5) is 27.4. The first kappa shape index (κ1) is 26.8.